The number of hydrogen-bond acceptors (Lipinski definition) is 4. The highest BCUT2D eigenvalue weighted by Crippen LogP contribution is 2.48. The molecule has 0 bridgehead atoms. The molecule has 0 unspecified atom stereocenters. The number of aromatic nitrogens is 2. The van der Waals surface area contributed by atoms with E-state index in [-0.39, 0.29) is 0 Å². The molecule has 1 saturated heterocycles. The zero-order valence-corrected chi connectivity index (χ0v) is 10.6. The number of carboxylic acids is 1. The Balaban J connectivity index is 0.000000182. The molecule has 1 aromatic rings. The van der Waals surface area contributed by atoms with Crippen molar-refractivity contribution in [2.45, 2.75) is 25.4 Å². The van der Waals surface area contributed by atoms with Crippen molar-refractivity contribution in [3.05, 3.63) is 18.5 Å². The standard InChI is InChI=1S/C10H13N3.C2HF3O2/c1-3-10(4-1)7-13(8-10)9-11-5-2-6-12-9;3-2(4,5)1(6)7/h2,5-6H,1,3-4,7-8H2;(H,6,7). The van der Waals surface area contributed by atoms with Gasteiger partial charge in [-0.3, -0.25) is 0 Å². The van der Waals surface area contributed by atoms with Gasteiger partial charge in [0.2, 0.25) is 5.95 Å². The Morgan fingerprint density at radius 2 is 1.75 bits per heavy atom. The predicted octanol–water partition coefficient (Wildman–Crippen LogP) is 2.10. The number of aliphatic carboxylic acids is 1. The van der Waals surface area contributed by atoms with E-state index in [1.54, 1.807) is 0 Å². The molecular weight excluding hydrogens is 275 g/mol. The van der Waals surface area contributed by atoms with Crippen LogP contribution in [0.2, 0.25) is 0 Å². The van der Waals surface area contributed by atoms with Crippen LogP contribution >= 0.6 is 0 Å². The maximum atomic E-state index is 10.6. The van der Waals surface area contributed by atoms with Gasteiger partial charge in [-0.15, -0.1) is 0 Å². The maximum Gasteiger partial charge on any atom is 0.490 e. The summed E-state index contributed by atoms with van der Waals surface area (Å²) in [6.45, 7) is 2.36. The molecular formula is C12H14F3N3O2. The van der Waals surface area contributed by atoms with Gasteiger partial charge in [-0.05, 0) is 18.9 Å². The van der Waals surface area contributed by atoms with Crippen LogP contribution in [-0.4, -0.2) is 40.3 Å². The van der Waals surface area contributed by atoms with E-state index in [0.29, 0.717) is 5.41 Å². The summed E-state index contributed by atoms with van der Waals surface area (Å²) < 4.78 is 31.7. The molecule has 3 rings (SSSR count). The number of rotatable bonds is 1. The molecule has 2 heterocycles. The third-order valence-corrected chi connectivity index (χ3v) is 3.54. The van der Waals surface area contributed by atoms with Crippen molar-refractivity contribution in [3.63, 3.8) is 0 Å². The van der Waals surface area contributed by atoms with E-state index in [1.807, 2.05) is 18.5 Å². The summed E-state index contributed by atoms with van der Waals surface area (Å²) in [5.74, 6) is -1.85. The molecule has 20 heavy (non-hydrogen) atoms. The van der Waals surface area contributed by atoms with Gasteiger partial charge < -0.3 is 10.0 Å². The van der Waals surface area contributed by atoms with Crippen LogP contribution in [0.1, 0.15) is 19.3 Å². The highest BCUT2D eigenvalue weighted by atomic mass is 19.4. The van der Waals surface area contributed by atoms with E-state index in [2.05, 4.69) is 14.9 Å². The van der Waals surface area contributed by atoms with Crippen LogP contribution < -0.4 is 4.90 Å². The lowest BCUT2D eigenvalue weighted by Gasteiger charge is -2.55. The van der Waals surface area contributed by atoms with E-state index < -0.39 is 12.1 Å². The van der Waals surface area contributed by atoms with Crippen molar-refractivity contribution in [1.29, 1.82) is 0 Å². The summed E-state index contributed by atoms with van der Waals surface area (Å²) in [6.07, 6.45) is 2.79. The SMILES string of the molecule is O=C(O)C(F)(F)F.c1cnc(N2CC3(CCC3)C2)nc1. The zero-order valence-electron chi connectivity index (χ0n) is 10.6. The Bertz CT molecular complexity index is 467. The van der Waals surface area contributed by atoms with Crippen LogP contribution in [0.5, 0.6) is 0 Å². The Morgan fingerprint density at radius 1 is 1.25 bits per heavy atom. The second-order valence-electron chi connectivity index (χ2n) is 5.06. The van der Waals surface area contributed by atoms with Gasteiger partial charge >= 0.3 is 12.1 Å². The molecule has 1 aliphatic heterocycles. The lowest BCUT2D eigenvalue weighted by atomic mass is 9.64. The first-order chi connectivity index (χ1) is 9.32. The molecule has 2 fully saturated rings. The first-order valence-electron chi connectivity index (χ1n) is 6.15. The van der Waals surface area contributed by atoms with Gasteiger partial charge in [-0.2, -0.15) is 13.2 Å². The summed E-state index contributed by atoms with van der Waals surface area (Å²) in [5, 5.41) is 7.12. The molecule has 5 nitrogen and oxygen atoms in total. The van der Waals surface area contributed by atoms with Gasteiger partial charge in [0.1, 0.15) is 0 Å². The monoisotopic (exact) mass is 289 g/mol. The minimum atomic E-state index is -5.08. The zero-order chi connectivity index (χ0) is 14.8. The second kappa shape index (κ2) is 5.26. The van der Waals surface area contributed by atoms with Crippen molar-refractivity contribution in [2.24, 2.45) is 5.41 Å². The van der Waals surface area contributed by atoms with E-state index in [0.717, 1.165) is 5.95 Å². The average Bonchev–Trinajstić information content (AvgIpc) is 2.26. The van der Waals surface area contributed by atoms with Crippen LogP contribution in [0.25, 0.3) is 0 Å². The molecule has 2 aliphatic rings. The molecule has 0 aromatic carbocycles. The average molecular weight is 289 g/mol. The molecule has 1 saturated carbocycles. The first-order valence-corrected chi connectivity index (χ1v) is 6.15. The summed E-state index contributed by atoms with van der Waals surface area (Å²) in [7, 11) is 0. The maximum absolute atomic E-state index is 10.6. The van der Waals surface area contributed by atoms with Gasteiger partial charge in [0.25, 0.3) is 0 Å². The van der Waals surface area contributed by atoms with Crippen molar-refractivity contribution >= 4 is 11.9 Å². The Labute approximate surface area is 113 Å². The molecule has 1 aromatic heterocycles. The van der Waals surface area contributed by atoms with Crippen LogP contribution in [0.3, 0.4) is 0 Å². The van der Waals surface area contributed by atoms with E-state index in [4.69, 9.17) is 9.90 Å². The highest BCUT2D eigenvalue weighted by molar-refractivity contribution is 5.73. The summed E-state index contributed by atoms with van der Waals surface area (Å²) in [4.78, 5) is 19.7. The minimum absolute atomic E-state index is 0.666. The molecule has 1 spiro atoms. The Morgan fingerprint density at radius 3 is 2.10 bits per heavy atom. The fraction of sp³-hybridized carbons (Fsp3) is 0.583. The molecule has 0 radical (unpaired) electrons. The van der Waals surface area contributed by atoms with E-state index in [1.165, 1.54) is 32.4 Å². The van der Waals surface area contributed by atoms with Gasteiger partial charge in [-0.1, -0.05) is 6.42 Å². The Hall–Kier alpha value is -1.86. The Kier molecular flexibility index (Phi) is 3.82. The lowest BCUT2D eigenvalue weighted by molar-refractivity contribution is -0.192. The van der Waals surface area contributed by atoms with Crippen molar-refractivity contribution < 1.29 is 23.1 Å². The van der Waals surface area contributed by atoms with Crippen LogP contribution in [0.4, 0.5) is 19.1 Å². The number of carbonyl (C=O) groups is 1. The topological polar surface area (TPSA) is 66.3 Å². The fourth-order valence-corrected chi connectivity index (χ4v) is 2.35. The number of alkyl halides is 3. The minimum Gasteiger partial charge on any atom is -0.475 e. The van der Waals surface area contributed by atoms with Crippen LogP contribution in [0, 0.1) is 5.41 Å². The van der Waals surface area contributed by atoms with Crippen molar-refractivity contribution in [3.8, 4) is 0 Å². The van der Waals surface area contributed by atoms with Gasteiger partial charge in [-0.25, -0.2) is 14.8 Å². The quantitative estimate of drug-likeness (QED) is 0.857. The molecule has 110 valence electrons. The van der Waals surface area contributed by atoms with Gasteiger partial charge in [0, 0.05) is 30.9 Å². The summed E-state index contributed by atoms with van der Waals surface area (Å²) >= 11 is 0. The fourth-order valence-electron chi connectivity index (χ4n) is 2.35. The summed E-state index contributed by atoms with van der Waals surface area (Å²) in [6, 6.07) is 1.86. The molecule has 8 heteroatoms. The normalized spacial score (nSPS) is 19.4. The third kappa shape index (κ3) is 3.17. The largest absolute Gasteiger partial charge is 0.490 e. The molecule has 0 atom stereocenters. The second-order valence-corrected chi connectivity index (χ2v) is 5.06. The van der Waals surface area contributed by atoms with E-state index in [9.17, 15) is 13.2 Å². The third-order valence-electron chi connectivity index (χ3n) is 3.54. The highest BCUT2D eigenvalue weighted by Gasteiger charge is 2.47. The smallest absolute Gasteiger partial charge is 0.475 e. The number of anilines is 1. The molecule has 1 aliphatic carbocycles. The first kappa shape index (κ1) is 14.5. The number of carboxylic acid groups (broad SMARTS) is 1. The number of nitrogens with zero attached hydrogens (tertiary/aromatic N) is 3. The number of halogens is 3. The molecule has 1 N–H and O–H groups in total. The van der Waals surface area contributed by atoms with E-state index >= 15 is 0 Å². The number of hydrogen-bond donors (Lipinski definition) is 1. The van der Waals surface area contributed by atoms with Gasteiger partial charge in [0.15, 0.2) is 0 Å². The van der Waals surface area contributed by atoms with Crippen LogP contribution in [-0.2, 0) is 4.79 Å². The van der Waals surface area contributed by atoms with Gasteiger partial charge in [0.05, 0.1) is 0 Å². The van der Waals surface area contributed by atoms with Crippen molar-refractivity contribution in [2.75, 3.05) is 18.0 Å². The lowest BCUT2D eigenvalue weighted by Crippen LogP contribution is -2.60. The summed E-state index contributed by atoms with van der Waals surface area (Å²) in [5.41, 5.74) is 0.666. The molecule has 0 amide bonds. The van der Waals surface area contributed by atoms with Crippen molar-refractivity contribution in [1.82, 2.24) is 9.97 Å². The predicted molar refractivity (Wildman–Crippen MR) is 64.2 cm³/mol. The van der Waals surface area contributed by atoms with Crippen LogP contribution in [0.15, 0.2) is 18.5 Å².